The van der Waals surface area contributed by atoms with E-state index in [1.54, 1.807) is 24.4 Å². The largest absolute Gasteiger partial charge is 0.439 e. The molecule has 1 aromatic heterocycles. The summed E-state index contributed by atoms with van der Waals surface area (Å²) in [4.78, 5) is 4.29. The normalized spacial score (nSPS) is 10.6. The number of aromatic nitrogens is 1. The average Bonchev–Trinajstić information content (AvgIpc) is 2.38. The molecule has 0 amide bonds. The van der Waals surface area contributed by atoms with Crippen molar-refractivity contribution in [2.24, 2.45) is 0 Å². The van der Waals surface area contributed by atoms with Gasteiger partial charge in [0.2, 0.25) is 5.88 Å². The Balaban J connectivity index is 2.27. The lowest BCUT2D eigenvalue weighted by atomic mass is 10.2. The number of halogens is 3. The zero-order valence-electron chi connectivity index (χ0n) is 10.8. The molecule has 2 rings (SSSR count). The van der Waals surface area contributed by atoms with E-state index in [2.05, 4.69) is 26.2 Å². The summed E-state index contributed by atoms with van der Waals surface area (Å²) in [5.74, 6) is 1.10. The van der Waals surface area contributed by atoms with Crippen molar-refractivity contribution in [1.29, 1.82) is 0 Å². The van der Waals surface area contributed by atoms with Gasteiger partial charge in [-0.2, -0.15) is 0 Å². The Hall–Kier alpha value is -0.810. The third-order valence-electron chi connectivity index (χ3n) is 2.51. The summed E-state index contributed by atoms with van der Waals surface area (Å²) in [6.45, 7) is 3.59. The van der Waals surface area contributed by atoms with Crippen molar-refractivity contribution in [3.05, 3.63) is 50.5 Å². The van der Waals surface area contributed by atoms with Crippen molar-refractivity contribution in [3.63, 3.8) is 0 Å². The van der Waals surface area contributed by atoms with Gasteiger partial charge in [0.25, 0.3) is 0 Å². The van der Waals surface area contributed by atoms with Crippen LogP contribution >= 0.6 is 39.1 Å². The highest BCUT2D eigenvalue weighted by Crippen LogP contribution is 2.30. The Morgan fingerprint density at radius 1 is 1.20 bits per heavy atom. The SMILES string of the molecule is CCNCc1cc(Br)cnc1Oc1cc(Cl)cc(Cl)c1. The second-order valence-electron chi connectivity index (χ2n) is 4.11. The van der Waals surface area contributed by atoms with Crippen LogP contribution in [0.1, 0.15) is 12.5 Å². The van der Waals surface area contributed by atoms with Gasteiger partial charge in [-0.15, -0.1) is 0 Å². The Kier molecular flexibility index (Phi) is 5.66. The lowest BCUT2D eigenvalue weighted by Gasteiger charge is -2.11. The summed E-state index contributed by atoms with van der Waals surface area (Å²) >= 11 is 15.3. The van der Waals surface area contributed by atoms with Gasteiger partial charge in [-0.3, -0.25) is 0 Å². The minimum Gasteiger partial charge on any atom is -0.439 e. The van der Waals surface area contributed by atoms with Gasteiger partial charge in [0, 0.05) is 32.8 Å². The Morgan fingerprint density at radius 2 is 1.90 bits per heavy atom. The lowest BCUT2D eigenvalue weighted by molar-refractivity contribution is 0.453. The molecule has 0 aliphatic heterocycles. The second kappa shape index (κ2) is 7.27. The molecule has 0 spiro atoms. The summed E-state index contributed by atoms with van der Waals surface area (Å²) in [5, 5.41) is 4.30. The molecule has 1 aromatic carbocycles. The fraction of sp³-hybridized carbons (Fsp3) is 0.214. The van der Waals surface area contributed by atoms with Crippen molar-refractivity contribution in [2.45, 2.75) is 13.5 Å². The molecule has 106 valence electrons. The molecule has 0 saturated heterocycles. The van der Waals surface area contributed by atoms with Crippen molar-refractivity contribution in [2.75, 3.05) is 6.54 Å². The Bertz CT molecular complexity index is 587. The molecule has 6 heteroatoms. The highest BCUT2D eigenvalue weighted by atomic mass is 79.9. The van der Waals surface area contributed by atoms with Gasteiger partial charge in [-0.05, 0) is 46.7 Å². The molecule has 0 bridgehead atoms. The zero-order valence-corrected chi connectivity index (χ0v) is 13.9. The third-order valence-corrected chi connectivity index (χ3v) is 3.38. The Labute approximate surface area is 136 Å². The molecular weight excluding hydrogens is 363 g/mol. The average molecular weight is 376 g/mol. The number of pyridine rings is 1. The summed E-state index contributed by atoms with van der Waals surface area (Å²) in [7, 11) is 0. The van der Waals surface area contributed by atoms with E-state index >= 15 is 0 Å². The number of hydrogen-bond acceptors (Lipinski definition) is 3. The van der Waals surface area contributed by atoms with E-state index in [-0.39, 0.29) is 0 Å². The first-order valence-electron chi connectivity index (χ1n) is 6.07. The van der Waals surface area contributed by atoms with Crippen LogP contribution in [-0.4, -0.2) is 11.5 Å². The van der Waals surface area contributed by atoms with E-state index in [1.165, 1.54) is 0 Å². The molecule has 0 aliphatic rings. The van der Waals surface area contributed by atoms with E-state index in [0.29, 0.717) is 28.2 Å². The van der Waals surface area contributed by atoms with Crippen molar-refractivity contribution >= 4 is 39.1 Å². The molecule has 0 fully saturated rings. The number of hydrogen-bond donors (Lipinski definition) is 1. The van der Waals surface area contributed by atoms with Gasteiger partial charge in [-0.25, -0.2) is 4.98 Å². The van der Waals surface area contributed by atoms with Crippen LogP contribution in [0.5, 0.6) is 11.6 Å². The van der Waals surface area contributed by atoms with Crippen molar-refractivity contribution < 1.29 is 4.74 Å². The number of ether oxygens (including phenoxy) is 1. The summed E-state index contributed by atoms with van der Waals surface area (Å²) in [6.07, 6.45) is 1.69. The smallest absolute Gasteiger partial charge is 0.223 e. The number of benzene rings is 1. The van der Waals surface area contributed by atoms with Gasteiger partial charge < -0.3 is 10.1 Å². The number of rotatable bonds is 5. The highest BCUT2D eigenvalue weighted by molar-refractivity contribution is 9.10. The summed E-state index contributed by atoms with van der Waals surface area (Å²) in [5.41, 5.74) is 0.956. The van der Waals surface area contributed by atoms with Gasteiger partial charge in [0.1, 0.15) is 5.75 Å². The Morgan fingerprint density at radius 3 is 2.55 bits per heavy atom. The van der Waals surface area contributed by atoms with E-state index in [1.807, 2.05) is 13.0 Å². The predicted molar refractivity (Wildman–Crippen MR) is 85.9 cm³/mol. The first kappa shape index (κ1) is 15.6. The van der Waals surface area contributed by atoms with Crippen LogP contribution in [0.2, 0.25) is 10.0 Å². The van der Waals surface area contributed by atoms with Crippen LogP contribution in [0.15, 0.2) is 34.9 Å². The number of nitrogens with one attached hydrogen (secondary N) is 1. The maximum atomic E-state index is 5.96. The maximum Gasteiger partial charge on any atom is 0.223 e. The van der Waals surface area contributed by atoms with Crippen LogP contribution in [0, 0.1) is 0 Å². The molecular formula is C14H13BrCl2N2O. The molecule has 0 atom stereocenters. The molecule has 0 radical (unpaired) electrons. The van der Waals surface area contributed by atoms with Crippen LogP contribution in [0.4, 0.5) is 0 Å². The molecule has 20 heavy (non-hydrogen) atoms. The highest BCUT2D eigenvalue weighted by Gasteiger charge is 2.08. The van der Waals surface area contributed by atoms with E-state index in [4.69, 9.17) is 27.9 Å². The lowest BCUT2D eigenvalue weighted by Crippen LogP contribution is -2.12. The fourth-order valence-electron chi connectivity index (χ4n) is 1.65. The minimum atomic E-state index is 0.526. The first-order chi connectivity index (χ1) is 9.58. The van der Waals surface area contributed by atoms with Crippen LogP contribution in [-0.2, 0) is 6.54 Å². The van der Waals surface area contributed by atoms with E-state index < -0.39 is 0 Å². The van der Waals surface area contributed by atoms with Crippen molar-refractivity contribution in [1.82, 2.24) is 10.3 Å². The third kappa shape index (κ3) is 4.35. The molecule has 2 aromatic rings. The molecule has 0 aliphatic carbocycles. The first-order valence-corrected chi connectivity index (χ1v) is 7.62. The van der Waals surface area contributed by atoms with E-state index in [0.717, 1.165) is 16.6 Å². The van der Waals surface area contributed by atoms with E-state index in [9.17, 15) is 0 Å². The fourth-order valence-corrected chi connectivity index (χ4v) is 2.53. The van der Waals surface area contributed by atoms with Crippen LogP contribution in [0.25, 0.3) is 0 Å². The summed E-state index contributed by atoms with van der Waals surface area (Å²) in [6, 6.07) is 7.03. The van der Waals surface area contributed by atoms with Gasteiger partial charge in [0.15, 0.2) is 0 Å². The van der Waals surface area contributed by atoms with Gasteiger partial charge >= 0.3 is 0 Å². The molecule has 1 heterocycles. The maximum absolute atomic E-state index is 5.96. The standard InChI is InChI=1S/C14H13BrCl2N2O/c1-2-18-7-9-3-10(15)8-19-14(9)20-13-5-11(16)4-12(17)6-13/h3-6,8,18H,2,7H2,1H3. The van der Waals surface area contributed by atoms with Gasteiger partial charge in [0.05, 0.1) is 0 Å². The number of nitrogens with zero attached hydrogens (tertiary/aromatic N) is 1. The molecule has 3 nitrogen and oxygen atoms in total. The topological polar surface area (TPSA) is 34.2 Å². The predicted octanol–water partition coefficient (Wildman–Crippen LogP) is 5.05. The zero-order chi connectivity index (χ0) is 14.5. The van der Waals surface area contributed by atoms with Crippen LogP contribution < -0.4 is 10.1 Å². The quantitative estimate of drug-likeness (QED) is 0.793. The molecule has 0 saturated carbocycles. The molecule has 1 N–H and O–H groups in total. The second-order valence-corrected chi connectivity index (χ2v) is 5.89. The van der Waals surface area contributed by atoms with Crippen LogP contribution in [0.3, 0.4) is 0 Å². The minimum absolute atomic E-state index is 0.526. The monoisotopic (exact) mass is 374 g/mol. The van der Waals surface area contributed by atoms with Gasteiger partial charge in [-0.1, -0.05) is 30.1 Å². The molecule has 0 unspecified atom stereocenters. The van der Waals surface area contributed by atoms with Crippen molar-refractivity contribution in [3.8, 4) is 11.6 Å². The summed E-state index contributed by atoms with van der Waals surface area (Å²) < 4.78 is 6.69.